The van der Waals surface area contributed by atoms with E-state index in [-0.39, 0.29) is 6.04 Å². The molecule has 1 aliphatic rings. The Bertz CT molecular complexity index is 608. The Kier molecular flexibility index (Phi) is 4.08. The van der Waals surface area contributed by atoms with Crippen molar-refractivity contribution in [2.24, 2.45) is 0 Å². The Morgan fingerprint density at radius 1 is 1.32 bits per heavy atom. The lowest BCUT2D eigenvalue weighted by atomic mass is 10.2. The lowest BCUT2D eigenvalue weighted by Crippen LogP contribution is -2.40. The molecular weight excluding hydrogens is 290 g/mol. The molecule has 0 unspecified atom stereocenters. The largest absolute Gasteiger partial charge is 0.349 e. The number of hydrogen-bond donors (Lipinski definition) is 0. The van der Waals surface area contributed by atoms with E-state index in [9.17, 15) is 8.78 Å². The Balaban J connectivity index is 1.73. The van der Waals surface area contributed by atoms with Gasteiger partial charge in [0.25, 0.3) is 0 Å². The minimum Gasteiger partial charge on any atom is -0.349 e. The lowest BCUT2D eigenvalue weighted by molar-refractivity contribution is 0.356. The van der Waals surface area contributed by atoms with Gasteiger partial charge in [-0.3, -0.25) is 0 Å². The smallest absolute Gasteiger partial charge is 0.225 e. The molecule has 22 heavy (non-hydrogen) atoms. The summed E-state index contributed by atoms with van der Waals surface area (Å²) in [5.74, 6) is 0.629. The van der Waals surface area contributed by atoms with Crippen molar-refractivity contribution in [1.29, 1.82) is 0 Å². The van der Waals surface area contributed by atoms with Crippen molar-refractivity contribution in [2.75, 3.05) is 29.9 Å². The van der Waals surface area contributed by atoms with E-state index < -0.39 is 12.0 Å². The van der Waals surface area contributed by atoms with E-state index >= 15 is 0 Å². The molecule has 8 heteroatoms. The summed E-state index contributed by atoms with van der Waals surface area (Å²) < 4.78 is 26.7. The lowest BCUT2D eigenvalue weighted by Gasteiger charge is -2.29. The zero-order chi connectivity index (χ0) is 15.5. The van der Waals surface area contributed by atoms with Gasteiger partial charge in [0, 0.05) is 26.2 Å². The highest BCUT2D eigenvalue weighted by atomic mass is 19.1. The second-order valence-corrected chi connectivity index (χ2v) is 5.29. The van der Waals surface area contributed by atoms with Gasteiger partial charge in [-0.2, -0.15) is 0 Å². The van der Waals surface area contributed by atoms with E-state index in [0.717, 1.165) is 12.4 Å². The molecule has 0 radical (unpaired) electrons. The molecule has 3 heterocycles. The van der Waals surface area contributed by atoms with Gasteiger partial charge < -0.3 is 9.80 Å². The highest BCUT2D eigenvalue weighted by molar-refractivity contribution is 5.41. The van der Waals surface area contributed by atoms with Crippen LogP contribution < -0.4 is 9.80 Å². The number of hydrogen-bond acceptors (Lipinski definition) is 6. The first-order valence-electron chi connectivity index (χ1n) is 6.99. The number of aromatic nitrogens is 4. The number of nitrogens with zero attached hydrogens (tertiary/aromatic N) is 6. The molecule has 1 saturated heterocycles. The van der Waals surface area contributed by atoms with Crippen LogP contribution in [0.3, 0.4) is 0 Å². The van der Waals surface area contributed by atoms with E-state index in [1.54, 1.807) is 24.2 Å². The van der Waals surface area contributed by atoms with Gasteiger partial charge in [-0.15, -0.1) is 0 Å². The molecule has 0 saturated carbocycles. The summed E-state index contributed by atoms with van der Waals surface area (Å²) in [5, 5.41) is 0. The summed E-state index contributed by atoms with van der Waals surface area (Å²) in [6.07, 6.45) is 4.83. The summed E-state index contributed by atoms with van der Waals surface area (Å²) in [7, 11) is 1.80. The second kappa shape index (κ2) is 6.17. The fraction of sp³-hybridized carbons (Fsp3) is 0.429. The van der Waals surface area contributed by atoms with Crippen molar-refractivity contribution in [3.05, 3.63) is 36.8 Å². The Morgan fingerprint density at radius 3 is 2.77 bits per heavy atom. The Morgan fingerprint density at radius 2 is 2.09 bits per heavy atom. The van der Waals surface area contributed by atoms with Crippen molar-refractivity contribution in [3.8, 4) is 0 Å². The van der Waals surface area contributed by atoms with Gasteiger partial charge in [0.1, 0.15) is 18.3 Å². The van der Waals surface area contributed by atoms with E-state index in [1.165, 1.54) is 6.33 Å². The first-order chi connectivity index (χ1) is 10.6. The van der Waals surface area contributed by atoms with Gasteiger partial charge in [0.15, 0.2) is 5.82 Å². The maximum absolute atomic E-state index is 13.8. The average Bonchev–Trinajstić information content (AvgIpc) is 2.89. The van der Waals surface area contributed by atoms with E-state index in [0.29, 0.717) is 31.3 Å². The van der Waals surface area contributed by atoms with Crippen LogP contribution in [0.4, 0.5) is 20.5 Å². The first-order valence-corrected chi connectivity index (χ1v) is 6.99. The normalized spacial score (nSPS) is 21.1. The highest BCUT2D eigenvalue weighted by Gasteiger charge is 2.34. The predicted molar refractivity (Wildman–Crippen MR) is 77.9 cm³/mol. The molecule has 0 N–H and O–H groups in total. The zero-order valence-electron chi connectivity index (χ0n) is 12.1. The quantitative estimate of drug-likeness (QED) is 0.852. The third-order valence-electron chi connectivity index (χ3n) is 3.66. The average molecular weight is 306 g/mol. The van der Waals surface area contributed by atoms with Crippen LogP contribution in [0.25, 0.3) is 0 Å². The predicted octanol–water partition coefficient (Wildman–Crippen LogP) is 1.46. The molecule has 1 aliphatic heterocycles. The van der Waals surface area contributed by atoms with E-state index in [2.05, 4.69) is 19.9 Å². The van der Waals surface area contributed by atoms with Gasteiger partial charge in [0.05, 0.1) is 25.0 Å². The van der Waals surface area contributed by atoms with Gasteiger partial charge in [-0.25, -0.2) is 28.7 Å². The number of rotatable bonds is 4. The number of halogens is 2. The van der Waals surface area contributed by atoms with Crippen molar-refractivity contribution >= 4 is 11.8 Å². The molecule has 3 rings (SSSR count). The van der Waals surface area contributed by atoms with Crippen molar-refractivity contribution < 1.29 is 8.78 Å². The standard InChI is InChI=1S/C14H16F2N6/c1-21(14-18-5-11(16)6-19-14)8-12-4-10(15)7-22(12)13-2-3-17-9-20-13/h2-3,5-6,9-10,12H,4,7-8H2,1H3/t10-,12-/m0/s1. The Labute approximate surface area is 126 Å². The molecule has 0 aromatic carbocycles. The van der Waals surface area contributed by atoms with E-state index in [1.807, 2.05) is 4.90 Å². The topological polar surface area (TPSA) is 58.0 Å². The number of likely N-dealkylation sites (N-methyl/N-ethyl adjacent to an activating group) is 1. The van der Waals surface area contributed by atoms with E-state index in [4.69, 9.17) is 0 Å². The molecule has 1 fully saturated rings. The molecule has 0 bridgehead atoms. The zero-order valence-corrected chi connectivity index (χ0v) is 12.1. The minimum atomic E-state index is -0.900. The van der Waals surface area contributed by atoms with Crippen LogP contribution in [0.2, 0.25) is 0 Å². The molecular formula is C14H16F2N6. The van der Waals surface area contributed by atoms with Gasteiger partial charge in [0.2, 0.25) is 5.95 Å². The molecule has 116 valence electrons. The van der Waals surface area contributed by atoms with Crippen molar-refractivity contribution in [3.63, 3.8) is 0 Å². The van der Waals surface area contributed by atoms with Crippen LogP contribution in [0.1, 0.15) is 6.42 Å². The third-order valence-corrected chi connectivity index (χ3v) is 3.66. The monoisotopic (exact) mass is 306 g/mol. The fourth-order valence-corrected chi connectivity index (χ4v) is 2.67. The molecule has 0 amide bonds. The summed E-state index contributed by atoms with van der Waals surface area (Å²) in [6, 6.07) is 1.71. The summed E-state index contributed by atoms with van der Waals surface area (Å²) in [4.78, 5) is 19.7. The van der Waals surface area contributed by atoms with Crippen LogP contribution in [0.5, 0.6) is 0 Å². The minimum absolute atomic E-state index is 0.0523. The first kappa shape index (κ1) is 14.6. The van der Waals surface area contributed by atoms with Crippen molar-refractivity contribution in [1.82, 2.24) is 19.9 Å². The second-order valence-electron chi connectivity index (χ2n) is 5.29. The molecule has 2 aromatic rings. The Hall–Kier alpha value is -2.38. The summed E-state index contributed by atoms with van der Waals surface area (Å²) in [6.45, 7) is 0.829. The van der Waals surface area contributed by atoms with Crippen LogP contribution in [-0.4, -0.2) is 52.3 Å². The molecule has 2 atom stereocenters. The van der Waals surface area contributed by atoms with Crippen LogP contribution in [0.15, 0.2) is 31.0 Å². The maximum Gasteiger partial charge on any atom is 0.225 e. The third kappa shape index (κ3) is 3.10. The van der Waals surface area contributed by atoms with Crippen LogP contribution in [-0.2, 0) is 0 Å². The van der Waals surface area contributed by atoms with Gasteiger partial charge in [-0.05, 0) is 6.07 Å². The molecule has 2 aromatic heterocycles. The fourth-order valence-electron chi connectivity index (χ4n) is 2.67. The van der Waals surface area contributed by atoms with Crippen LogP contribution >= 0.6 is 0 Å². The van der Waals surface area contributed by atoms with Crippen molar-refractivity contribution in [2.45, 2.75) is 18.6 Å². The van der Waals surface area contributed by atoms with Gasteiger partial charge >= 0.3 is 0 Å². The van der Waals surface area contributed by atoms with Crippen LogP contribution in [0, 0.1) is 5.82 Å². The summed E-state index contributed by atoms with van der Waals surface area (Å²) >= 11 is 0. The SMILES string of the molecule is CN(C[C@@H]1C[C@H](F)CN1c1ccncn1)c1ncc(F)cn1. The summed E-state index contributed by atoms with van der Waals surface area (Å²) in [5.41, 5.74) is 0. The molecule has 6 nitrogen and oxygen atoms in total. The molecule has 0 aliphatic carbocycles. The number of anilines is 2. The highest BCUT2D eigenvalue weighted by Crippen LogP contribution is 2.26. The maximum atomic E-state index is 13.8. The molecule has 0 spiro atoms. The van der Waals surface area contributed by atoms with Gasteiger partial charge in [-0.1, -0.05) is 0 Å². The number of alkyl halides is 1.